The van der Waals surface area contributed by atoms with Gasteiger partial charge >= 0.3 is 0 Å². The van der Waals surface area contributed by atoms with Crippen LogP contribution in [0.3, 0.4) is 0 Å². The number of aryl methyl sites for hydroxylation is 1. The van der Waals surface area contributed by atoms with Gasteiger partial charge in [0, 0.05) is 17.4 Å². The maximum atomic E-state index is 13.7. The summed E-state index contributed by atoms with van der Waals surface area (Å²) in [6.45, 7) is 1.55. The highest BCUT2D eigenvalue weighted by Crippen LogP contribution is 2.20. The van der Waals surface area contributed by atoms with Crippen molar-refractivity contribution in [2.45, 2.75) is 11.8 Å². The predicted octanol–water partition coefficient (Wildman–Crippen LogP) is 3.58. The maximum absolute atomic E-state index is 13.7. The van der Waals surface area contributed by atoms with Gasteiger partial charge in [0.2, 0.25) is 0 Å². The molecule has 0 fully saturated rings. The Hall–Kier alpha value is -3.26. The lowest BCUT2D eigenvalue weighted by atomic mass is 10.2. The van der Waals surface area contributed by atoms with E-state index >= 15 is 0 Å². The van der Waals surface area contributed by atoms with Crippen LogP contribution in [0.2, 0.25) is 0 Å². The summed E-state index contributed by atoms with van der Waals surface area (Å²) in [4.78, 5) is 16.0. The molecule has 8 heteroatoms. The fourth-order valence-corrected chi connectivity index (χ4v) is 3.38. The zero-order valence-corrected chi connectivity index (χ0v) is 15.1. The minimum Gasteiger partial charge on any atom is -0.321 e. The van der Waals surface area contributed by atoms with E-state index in [-0.39, 0.29) is 16.1 Å². The van der Waals surface area contributed by atoms with Gasteiger partial charge in [-0.3, -0.25) is 14.5 Å². The van der Waals surface area contributed by atoms with Crippen LogP contribution in [0.5, 0.6) is 0 Å². The van der Waals surface area contributed by atoms with Gasteiger partial charge in [0.15, 0.2) is 0 Å². The van der Waals surface area contributed by atoms with E-state index in [1.807, 2.05) is 0 Å². The monoisotopic (exact) mass is 385 g/mol. The number of halogens is 1. The van der Waals surface area contributed by atoms with Crippen LogP contribution in [0, 0.1) is 12.7 Å². The molecule has 0 aliphatic carbocycles. The van der Waals surface area contributed by atoms with Crippen LogP contribution in [0.25, 0.3) is 0 Å². The first-order valence-corrected chi connectivity index (χ1v) is 9.44. The van der Waals surface area contributed by atoms with Gasteiger partial charge in [-0.2, -0.15) is 0 Å². The number of rotatable bonds is 5. The van der Waals surface area contributed by atoms with Crippen molar-refractivity contribution in [1.82, 2.24) is 4.98 Å². The third-order valence-electron chi connectivity index (χ3n) is 3.75. The number of benzene rings is 2. The molecule has 27 heavy (non-hydrogen) atoms. The van der Waals surface area contributed by atoms with E-state index in [9.17, 15) is 17.6 Å². The number of anilines is 2. The van der Waals surface area contributed by atoms with Gasteiger partial charge < -0.3 is 5.32 Å². The molecular weight excluding hydrogens is 369 g/mol. The number of carbonyl (C=O) groups excluding carboxylic acids is 1. The molecule has 0 aliphatic heterocycles. The lowest BCUT2D eigenvalue weighted by molar-refractivity contribution is 0.102. The van der Waals surface area contributed by atoms with Crippen LogP contribution in [-0.4, -0.2) is 19.3 Å². The Morgan fingerprint density at radius 3 is 2.52 bits per heavy atom. The van der Waals surface area contributed by atoms with E-state index in [2.05, 4.69) is 15.0 Å². The molecule has 0 spiro atoms. The zero-order chi connectivity index (χ0) is 19.4. The molecule has 0 saturated heterocycles. The predicted molar refractivity (Wildman–Crippen MR) is 101 cm³/mol. The van der Waals surface area contributed by atoms with Crippen molar-refractivity contribution >= 4 is 27.3 Å². The average Bonchev–Trinajstić information content (AvgIpc) is 2.64. The third-order valence-corrected chi connectivity index (χ3v) is 5.13. The summed E-state index contributed by atoms with van der Waals surface area (Å²) < 4.78 is 40.9. The van der Waals surface area contributed by atoms with E-state index in [4.69, 9.17) is 0 Å². The summed E-state index contributed by atoms with van der Waals surface area (Å²) in [5.74, 6) is -1.02. The fourth-order valence-electron chi connectivity index (χ4n) is 2.32. The van der Waals surface area contributed by atoms with Crippen molar-refractivity contribution < 1.29 is 17.6 Å². The first-order valence-electron chi connectivity index (χ1n) is 7.95. The van der Waals surface area contributed by atoms with Crippen molar-refractivity contribution in [2.24, 2.45) is 0 Å². The number of hydrogen-bond acceptors (Lipinski definition) is 4. The van der Waals surface area contributed by atoms with Crippen molar-refractivity contribution in [3.63, 3.8) is 0 Å². The first-order chi connectivity index (χ1) is 12.8. The molecule has 3 rings (SSSR count). The molecule has 1 heterocycles. The number of pyridine rings is 1. The molecule has 1 aromatic heterocycles. The second-order valence-electron chi connectivity index (χ2n) is 5.79. The van der Waals surface area contributed by atoms with Crippen LogP contribution in [-0.2, 0) is 10.0 Å². The summed E-state index contributed by atoms with van der Waals surface area (Å²) >= 11 is 0. The highest BCUT2D eigenvalue weighted by atomic mass is 32.2. The van der Waals surface area contributed by atoms with Crippen LogP contribution < -0.4 is 10.0 Å². The Morgan fingerprint density at radius 2 is 1.81 bits per heavy atom. The van der Waals surface area contributed by atoms with E-state index in [1.165, 1.54) is 30.5 Å². The van der Waals surface area contributed by atoms with Crippen molar-refractivity contribution in [3.8, 4) is 0 Å². The van der Waals surface area contributed by atoms with Gasteiger partial charge in [0.25, 0.3) is 15.9 Å². The summed E-state index contributed by atoms with van der Waals surface area (Å²) in [5.41, 5.74) is 1.32. The Balaban J connectivity index is 1.80. The Labute approximate surface area is 156 Å². The van der Waals surface area contributed by atoms with Crippen LogP contribution >= 0.6 is 0 Å². The smallest absolute Gasteiger partial charge is 0.261 e. The molecule has 0 radical (unpaired) electrons. The first kappa shape index (κ1) is 18.5. The Kier molecular flexibility index (Phi) is 5.18. The summed E-state index contributed by atoms with van der Waals surface area (Å²) in [6.07, 6.45) is 3.08. The molecule has 138 valence electrons. The molecule has 2 aromatic carbocycles. The van der Waals surface area contributed by atoms with Gasteiger partial charge in [-0.1, -0.05) is 12.1 Å². The minimum atomic E-state index is -3.99. The second-order valence-corrected chi connectivity index (χ2v) is 7.48. The number of hydrogen-bond donors (Lipinski definition) is 2. The zero-order valence-electron chi connectivity index (χ0n) is 14.3. The quantitative estimate of drug-likeness (QED) is 0.703. The van der Waals surface area contributed by atoms with Gasteiger partial charge in [-0.05, 0) is 55.0 Å². The lowest BCUT2D eigenvalue weighted by Gasteiger charge is -2.10. The molecular formula is C19H16FN3O3S. The fraction of sp³-hybridized carbons (Fsp3) is 0.0526. The van der Waals surface area contributed by atoms with Crippen molar-refractivity contribution in [2.75, 3.05) is 10.0 Å². The molecule has 0 bridgehead atoms. The van der Waals surface area contributed by atoms with Gasteiger partial charge in [-0.15, -0.1) is 0 Å². The number of sulfonamides is 1. The van der Waals surface area contributed by atoms with Crippen molar-refractivity contribution in [3.05, 3.63) is 83.9 Å². The number of aromatic nitrogens is 1. The number of nitrogens with one attached hydrogen (secondary N) is 2. The molecule has 0 atom stereocenters. The van der Waals surface area contributed by atoms with Crippen LogP contribution in [0.4, 0.5) is 15.8 Å². The van der Waals surface area contributed by atoms with Crippen LogP contribution in [0.1, 0.15) is 15.9 Å². The summed E-state index contributed by atoms with van der Waals surface area (Å²) in [5, 5.41) is 2.67. The van der Waals surface area contributed by atoms with E-state index < -0.39 is 21.7 Å². The normalized spacial score (nSPS) is 11.0. The molecule has 0 saturated carbocycles. The molecule has 3 aromatic rings. The van der Waals surface area contributed by atoms with Gasteiger partial charge in [0.05, 0.1) is 16.8 Å². The second kappa shape index (κ2) is 7.55. The van der Waals surface area contributed by atoms with Gasteiger partial charge in [0.1, 0.15) is 5.82 Å². The van der Waals surface area contributed by atoms with E-state index in [1.54, 1.807) is 37.4 Å². The standard InChI is InChI=1S/C19H16FN3O3S/c1-13-7-8-17(11-18(13)20)27(25,26)23-15-5-2-4-14(10-15)19(24)22-16-6-3-9-21-12-16/h2-12,23H,1H3,(H,22,24). The topological polar surface area (TPSA) is 88.2 Å². The third kappa shape index (κ3) is 4.48. The number of nitrogens with zero attached hydrogens (tertiary/aromatic N) is 1. The van der Waals surface area contributed by atoms with E-state index in [0.717, 1.165) is 6.07 Å². The molecule has 2 N–H and O–H groups in total. The Morgan fingerprint density at radius 1 is 1.04 bits per heavy atom. The average molecular weight is 385 g/mol. The minimum absolute atomic E-state index is 0.190. The van der Waals surface area contributed by atoms with Crippen LogP contribution in [0.15, 0.2) is 71.9 Å². The summed E-state index contributed by atoms with van der Waals surface area (Å²) in [6, 6.07) is 13.0. The number of carbonyl (C=O) groups is 1. The number of amides is 1. The highest BCUT2D eigenvalue weighted by Gasteiger charge is 2.16. The SMILES string of the molecule is Cc1ccc(S(=O)(=O)Nc2cccc(C(=O)Nc3cccnc3)c2)cc1F. The molecule has 1 amide bonds. The lowest BCUT2D eigenvalue weighted by Crippen LogP contribution is -2.15. The van der Waals surface area contributed by atoms with Crippen molar-refractivity contribution in [1.29, 1.82) is 0 Å². The maximum Gasteiger partial charge on any atom is 0.261 e. The molecule has 0 aliphatic rings. The highest BCUT2D eigenvalue weighted by molar-refractivity contribution is 7.92. The Bertz CT molecular complexity index is 1090. The molecule has 0 unspecified atom stereocenters. The molecule has 6 nitrogen and oxygen atoms in total. The van der Waals surface area contributed by atoms with E-state index in [0.29, 0.717) is 11.3 Å². The largest absolute Gasteiger partial charge is 0.321 e. The summed E-state index contributed by atoms with van der Waals surface area (Å²) in [7, 11) is -3.99. The van der Waals surface area contributed by atoms with Gasteiger partial charge in [-0.25, -0.2) is 12.8 Å².